The zero-order chi connectivity index (χ0) is 25.5. The highest BCUT2D eigenvalue weighted by molar-refractivity contribution is 5.81. The highest BCUT2D eigenvalue weighted by atomic mass is 19.4. The topological polar surface area (TPSA) is 61.6 Å². The molecule has 1 aromatic heterocycles. The number of para-hydroxylation sites is 1. The van der Waals surface area contributed by atoms with Crippen molar-refractivity contribution < 1.29 is 22.4 Å². The van der Waals surface area contributed by atoms with Crippen molar-refractivity contribution >= 4 is 11.6 Å². The summed E-state index contributed by atoms with van der Waals surface area (Å²) in [4.78, 5) is 21.4. The van der Waals surface area contributed by atoms with Crippen molar-refractivity contribution in [3.05, 3.63) is 71.8 Å². The smallest absolute Gasteiger partial charge is 0.418 e. The molecule has 4 rings (SSSR count). The van der Waals surface area contributed by atoms with E-state index in [-0.39, 0.29) is 18.1 Å². The van der Waals surface area contributed by atoms with Crippen molar-refractivity contribution in [2.24, 2.45) is 0 Å². The van der Waals surface area contributed by atoms with Crippen molar-refractivity contribution in [2.45, 2.75) is 38.9 Å². The van der Waals surface area contributed by atoms with E-state index in [1.807, 2.05) is 30.3 Å². The fraction of sp³-hybridized carbons (Fsp3) is 0.407. The normalized spacial score (nSPS) is 15.1. The Labute approximate surface area is 209 Å². The SMILES string of the molecule is CCCc1oc(CN2CCCN(C(=O)CNc3ccccc3C(F)(F)F)CC2)nc1-c1ccccc1. The van der Waals surface area contributed by atoms with E-state index in [0.717, 1.165) is 48.9 Å². The number of benzene rings is 2. The van der Waals surface area contributed by atoms with Gasteiger partial charge in [0.2, 0.25) is 11.8 Å². The summed E-state index contributed by atoms with van der Waals surface area (Å²) in [6.07, 6.45) is -1.95. The summed E-state index contributed by atoms with van der Waals surface area (Å²) >= 11 is 0. The summed E-state index contributed by atoms with van der Waals surface area (Å²) in [6, 6.07) is 15.2. The number of hydrogen-bond donors (Lipinski definition) is 1. The molecule has 0 spiro atoms. The molecule has 6 nitrogen and oxygen atoms in total. The van der Waals surface area contributed by atoms with Gasteiger partial charge in [0.1, 0.15) is 11.5 Å². The fourth-order valence-electron chi connectivity index (χ4n) is 4.42. The third-order valence-electron chi connectivity index (χ3n) is 6.23. The summed E-state index contributed by atoms with van der Waals surface area (Å²) in [5, 5.41) is 2.67. The van der Waals surface area contributed by atoms with E-state index in [4.69, 9.17) is 9.40 Å². The molecule has 0 radical (unpaired) electrons. The number of carbonyl (C=O) groups is 1. The summed E-state index contributed by atoms with van der Waals surface area (Å²) in [7, 11) is 0. The van der Waals surface area contributed by atoms with E-state index >= 15 is 0 Å². The molecule has 1 amide bonds. The van der Waals surface area contributed by atoms with Gasteiger partial charge in [-0.3, -0.25) is 9.69 Å². The number of oxazole rings is 1. The second-order valence-electron chi connectivity index (χ2n) is 8.90. The number of halogens is 3. The quantitative estimate of drug-likeness (QED) is 0.445. The second-order valence-corrected chi connectivity index (χ2v) is 8.90. The molecule has 0 saturated carbocycles. The number of carbonyl (C=O) groups excluding carboxylic acids is 1. The number of anilines is 1. The Bertz CT molecular complexity index is 1150. The molecule has 0 aliphatic carbocycles. The van der Waals surface area contributed by atoms with Gasteiger partial charge in [-0.1, -0.05) is 49.4 Å². The van der Waals surface area contributed by atoms with Gasteiger partial charge < -0.3 is 14.6 Å². The molecule has 9 heteroatoms. The van der Waals surface area contributed by atoms with Crippen molar-refractivity contribution in [1.29, 1.82) is 0 Å². The molecule has 1 saturated heterocycles. The van der Waals surface area contributed by atoms with Crippen LogP contribution in [0.3, 0.4) is 0 Å². The minimum Gasteiger partial charge on any atom is -0.444 e. The van der Waals surface area contributed by atoms with Crippen LogP contribution in [-0.4, -0.2) is 53.4 Å². The third-order valence-corrected chi connectivity index (χ3v) is 6.23. The summed E-state index contributed by atoms with van der Waals surface area (Å²) in [5.41, 5.74) is 1.05. The number of alkyl halides is 3. The molecule has 36 heavy (non-hydrogen) atoms. The zero-order valence-electron chi connectivity index (χ0n) is 20.4. The lowest BCUT2D eigenvalue weighted by Gasteiger charge is -2.22. The number of hydrogen-bond acceptors (Lipinski definition) is 5. The first-order valence-corrected chi connectivity index (χ1v) is 12.3. The lowest BCUT2D eigenvalue weighted by atomic mass is 10.1. The second kappa shape index (κ2) is 11.6. The maximum Gasteiger partial charge on any atom is 0.418 e. The Morgan fingerprint density at radius 1 is 1.03 bits per heavy atom. The number of aromatic nitrogens is 1. The molecular weight excluding hydrogens is 469 g/mol. The molecule has 1 fully saturated rings. The van der Waals surface area contributed by atoms with Crippen LogP contribution in [0.1, 0.15) is 37.0 Å². The predicted octanol–water partition coefficient (Wildman–Crippen LogP) is 5.46. The number of rotatable bonds is 8. The van der Waals surface area contributed by atoms with E-state index in [0.29, 0.717) is 32.1 Å². The third kappa shape index (κ3) is 6.46. The summed E-state index contributed by atoms with van der Waals surface area (Å²) in [5.74, 6) is 1.32. The van der Waals surface area contributed by atoms with E-state index < -0.39 is 11.7 Å². The van der Waals surface area contributed by atoms with Gasteiger partial charge in [0, 0.05) is 43.9 Å². The number of amides is 1. The maximum absolute atomic E-state index is 13.2. The zero-order valence-corrected chi connectivity index (χ0v) is 20.4. The van der Waals surface area contributed by atoms with Gasteiger partial charge in [0.05, 0.1) is 18.7 Å². The standard InChI is InChI=1S/C27H31F3N4O2/c1-2-9-23-26(20-10-4-3-5-11-20)32-24(36-23)19-33-14-8-15-34(17-16-33)25(35)18-31-22-13-7-6-12-21(22)27(28,29)30/h3-7,10-13,31H,2,8-9,14-19H2,1H3. The summed E-state index contributed by atoms with van der Waals surface area (Å²) < 4.78 is 45.8. The van der Waals surface area contributed by atoms with Gasteiger partial charge in [-0.15, -0.1) is 0 Å². The van der Waals surface area contributed by atoms with Crippen LogP contribution in [0.15, 0.2) is 59.0 Å². The van der Waals surface area contributed by atoms with Crippen LogP contribution < -0.4 is 5.32 Å². The van der Waals surface area contributed by atoms with Gasteiger partial charge in [-0.25, -0.2) is 4.98 Å². The Morgan fingerprint density at radius 3 is 2.53 bits per heavy atom. The number of nitrogens with zero attached hydrogens (tertiary/aromatic N) is 3. The Hall–Kier alpha value is -3.33. The average molecular weight is 501 g/mol. The predicted molar refractivity (Wildman–Crippen MR) is 132 cm³/mol. The van der Waals surface area contributed by atoms with Crippen LogP contribution in [0.4, 0.5) is 18.9 Å². The molecule has 2 heterocycles. The summed E-state index contributed by atoms with van der Waals surface area (Å²) in [6.45, 7) is 4.93. The highest BCUT2D eigenvalue weighted by Gasteiger charge is 2.33. The molecule has 2 aromatic carbocycles. The van der Waals surface area contributed by atoms with E-state index in [1.165, 1.54) is 18.2 Å². The minimum atomic E-state index is -4.48. The van der Waals surface area contributed by atoms with Crippen molar-refractivity contribution in [3.8, 4) is 11.3 Å². The molecule has 1 aliphatic rings. The van der Waals surface area contributed by atoms with Gasteiger partial charge >= 0.3 is 6.18 Å². The average Bonchev–Trinajstić information content (AvgIpc) is 3.11. The first kappa shape index (κ1) is 25.8. The molecule has 3 aromatic rings. The fourth-order valence-corrected chi connectivity index (χ4v) is 4.42. The van der Waals surface area contributed by atoms with Gasteiger partial charge in [-0.05, 0) is 25.0 Å². The van der Waals surface area contributed by atoms with Crippen molar-refractivity contribution in [1.82, 2.24) is 14.8 Å². The molecule has 1 N–H and O–H groups in total. The molecular formula is C27H31F3N4O2. The van der Waals surface area contributed by atoms with Crippen LogP contribution in [0.25, 0.3) is 11.3 Å². The first-order chi connectivity index (χ1) is 17.3. The molecule has 0 atom stereocenters. The van der Waals surface area contributed by atoms with Crippen LogP contribution >= 0.6 is 0 Å². The highest BCUT2D eigenvalue weighted by Crippen LogP contribution is 2.34. The van der Waals surface area contributed by atoms with E-state index in [1.54, 1.807) is 4.90 Å². The van der Waals surface area contributed by atoms with Gasteiger partial charge in [0.15, 0.2) is 0 Å². The Balaban J connectivity index is 1.35. The van der Waals surface area contributed by atoms with Gasteiger partial charge in [-0.2, -0.15) is 13.2 Å². The van der Waals surface area contributed by atoms with Crippen LogP contribution in [0.5, 0.6) is 0 Å². The van der Waals surface area contributed by atoms with Gasteiger partial charge in [0.25, 0.3) is 0 Å². The van der Waals surface area contributed by atoms with E-state index in [2.05, 4.69) is 17.1 Å². The lowest BCUT2D eigenvalue weighted by molar-refractivity contribution is -0.137. The van der Waals surface area contributed by atoms with Crippen LogP contribution in [0.2, 0.25) is 0 Å². The van der Waals surface area contributed by atoms with E-state index in [9.17, 15) is 18.0 Å². The Morgan fingerprint density at radius 2 is 1.78 bits per heavy atom. The Kier molecular flexibility index (Phi) is 8.30. The largest absolute Gasteiger partial charge is 0.444 e. The first-order valence-electron chi connectivity index (χ1n) is 12.3. The minimum absolute atomic E-state index is 0.0872. The van der Waals surface area contributed by atoms with Crippen LogP contribution in [0, 0.1) is 0 Å². The molecule has 1 aliphatic heterocycles. The lowest BCUT2D eigenvalue weighted by Crippen LogP contribution is -2.38. The molecule has 192 valence electrons. The number of nitrogens with one attached hydrogen (secondary N) is 1. The number of aryl methyl sites for hydroxylation is 1. The van der Waals surface area contributed by atoms with Crippen molar-refractivity contribution in [2.75, 3.05) is 38.0 Å². The van der Waals surface area contributed by atoms with Crippen LogP contribution in [-0.2, 0) is 23.9 Å². The molecule has 0 unspecified atom stereocenters. The maximum atomic E-state index is 13.2. The van der Waals surface area contributed by atoms with Crippen molar-refractivity contribution in [3.63, 3.8) is 0 Å². The monoisotopic (exact) mass is 500 g/mol. The molecule has 0 bridgehead atoms.